The van der Waals surface area contributed by atoms with E-state index in [1.165, 1.54) is 0 Å². The molecule has 0 unspecified atom stereocenters. The molecule has 1 heterocycles. The summed E-state index contributed by atoms with van der Waals surface area (Å²) in [7, 11) is -3.02. The fraction of sp³-hybridized carbons (Fsp3) is 0.500. The Morgan fingerprint density at radius 3 is 2.57 bits per heavy atom. The zero-order valence-corrected chi connectivity index (χ0v) is 13.9. The smallest absolute Gasteiger partial charge is 0.239 e. The van der Waals surface area contributed by atoms with E-state index in [4.69, 9.17) is 0 Å². The molecule has 1 saturated heterocycles. The SMILES string of the molecule is C[C@@H](Cc1ccccc1)C(=O)NCC(=O)N[C@@H]1CCS(=O)(=O)C1. The van der Waals surface area contributed by atoms with Gasteiger partial charge in [0.25, 0.3) is 0 Å². The van der Waals surface area contributed by atoms with Gasteiger partial charge in [0.15, 0.2) is 9.84 Å². The number of hydrogen-bond donors (Lipinski definition) is 2. The van der Waals surface area contributed by atoms with Gasteiger partial charge in [0, 0.05) is 12.0 Å². The number of carbonyl (C=O) groups excluding carboxylic acids is 2. The summed E-state index contributed by atoms with van der Waals surface area (Å²) in [6.07, 6.45) is 1.04. The van der Waals surface area contributed by atoms with Crippen molar-refractivity contribution in [1.82, 2.24) is 10.6 Å². The van der Waals surface area contributed by atoms with E-state index in [2.05, 4.69) is 10.6 Å². The molecule has 1 aliphatic heterocycles. The standard InChI is InChI=1S/C16H22N2O4S/c1-12(9-13-5-3-2-4-6-13)16(20)17-10-15(19)18-14-7-8-23(21,22)11-14/h2-6,12,14H,7-11H2,1H3,(H,17,20)(H,18,19)/t12-,14+/m0/s1. The van der Waals surface area contributed by atoms with E-state index in [0.717, 1.165) is 5.56 Å². The molecule has 2 atom stereocenters. The Labute approximate surface area is 136 Å². The molecule has 1 aliphatic rings. The van der Waals surface area contributed by atoms with E-state index in [1.54, 1.807) is 0 Å². The van der Waals surface area contributed by atoms with Gasteiger partial charge in [0.1, 0.15) is 0 Å². The van der Waals surface area contributed by atoms with Crippen molar-refractivity contribution in [3.63, 3.8) is 0 Å². The first-order valence-corrected chi connectivity index (χ1v) is 9.49. The van der Waals surface area contributed by atoms with Crippen LogP contribution in [0.15, 0.2) is 30.3 Å². The molecule has 23 heavy (non-hydrogen) atoms. The lowest BCUT2D eigenvalue weighted by molar-refractivity contribution is -0.128. The molecule has 2 amide bonds. The van der Waals surface area contributed by atoms with E-state index >= 15 is 0 Å². The highest BCUT2D eigenvalue weighted by Crippen LogP contribution is 2.11. The van der Waals surface area contributed by atoms with Crippen molar-refractivity contribution in [2.45, 2.75) is 25.8 Å². The van der Waals surface area contributed by atoms with Gasteiger partial charge in [-0.2, -0.15) is 0 Å². The fourth-order valence-electron chi connectivity index (χ4n) is 2.59. The Kier molecular flexibility index (Phi) is 5.76. The predicted molar refractivity (Wildman–Crippen MR) is 87.5 cm³/mol. The average Bonchev–Trinajstić information content (AvgIpc) is 2.84. The molecule has 1 aromatic rings. The number of amides is 2. The molecule has 7 heteroatoms. The van der Waals surface area contributed by atoms with Gasteiger partial charge < -0.3 is 10.6 Å². The number of nitrogens with one attached hydrogen (secondary N) is 2. The fourth-order valence-corrected chi connectivity index (χ4v) is 4.26. The summed E-state index contributed by atoms with van der Waals surface area (Å²) >= 11 is 0. The predicted octanol–water partition coefficient (Wildman–Crippen LogP) is 0.285. The van der Waals surface area contributed by atoms with Crippen LogP contribution in [0.1, 0.15) is 18.9 Å². The number of sulfone groups is 1. The average molecular weight is 338 g/mol. The monoisotopic (exact) mass is 338 g/mol. The van der Waals surface area contributed by atoms with Crippen molar-refractivity contribution in [2.75, 3.05) is 18.1 Å². The third kappa shape index (κ3) is 5.67. The zero-order valence-electron chi connectivity index (χ0n) is 13.1. The second-order valence-electron chi connectivity index (χ2n) is 5.98. The van der Waals surface area contributed by atoms with E-state index in [-0.39, 0.29) is 41.8 Å². The lowest BCUT2D eigenvalue weighted by Gasteiger charge is -2.14. The Morgan fingerprint density at radius 1 is 1.26 bits per heavy atom. The summed E-state index contributed by atoms with van der Waals surface area (Å²) in [4.78, 5) is 23.8. The van der Waals surface area contributed by atoms with Gasteiger partial charge >= 0.3 is 0 Å². The van der Waals surface area contributed by atoms with E-state index in [1.807, 2.05) is 37.3 Å². The molecule has 0 spiro atoms. The molecule has 1 fully saturated rings. The van der Waals surface area contributed by atoms with Gasteiger partial charge in [0.05, 0.1) is 18.1 Å². The van der Waals surface area contributed by atoms with Crippen LogP contribution in [0.5, 0.6) is 0 Å². The number of benzene rings is 1. The summed E-state index contributed by atoms with van der Waals surface area (Å²) in [6, 6.07) is 9.33. The highest BCUT2D eigenvalue weighted by molar-refractivity contribution is 7.91. The van der Waals surface area contributed by atoms with Crippen LogP contribution in [0.25, 0.3) is 0 Å². The summed E-state index contributed by atoms with van der Waals surface area (Å²) < 4.78 is 22.7. The molecule has 126 valence electrons. The quantitative estimate of drug-likeness (QED) is 0.779. The number of hydrogen-bond acceptors (Lipinski definition) is 4. The Hall–Kier alpha value is -1.89. The number of carbonyl (C=O) groups is 2. The van der Waals surface area contributed by atoms with Crippen molar-refractivity contribution in [3.8, 4) is 0 Å². The van der Waals surface area contributed by atoms with Gasteiger partial charge in [-0.3, -0.25) is 9.59 Å². The first-order valence-electron chi connectivity index (χ1n) is 7.67. The van der Waals surface area contributed by atoms with Gasteiger partial charge in [0.2, 0.25) is 11.8 Å². The number of rotatable bonds is 6. The summed E-state index contributed by atoms with van der Waals surface area (Å²) in [6.45, 7) is 1.68. The van der Waals surface area contributed by atoms with E-state index in [9.17, 15) is 18.0 Å². The normalized spacial score (nSPS) is 20.7. The van der Waals surface area contributed by atoms with Crippen LogP contribution >= 0.6 is 0 Å². The molecule has 2 N–H and O–H groups in total. The molecule has 0 radical (unpaired) electrons. The van der Waals surface area contributed by atoms with Crippen LogP contribution in [0.2, 0.25) is 0 Å². The molecule has 0 aliphatic carbocycles. The van der Waals surface area contributed by atoms with Crippen LogP contribution in [-0.4, -0.2) is 44.3 Å². The Balaban J connectivity index is 1.72. The van der Waals surface area contributed by atoms with Gasteiger partial charge in [-0.25, -0.2) is 8.42 Å². The molecule has 2 rings (SSSR count). The maximum absolute atomic E-state index is 12.0. The Morgan fingerprint density at radius 2 is 1.96 bits per heavy atom. The third-order valence-electron chi connectivity index (χ3n) is 3.85. The summed E-state index contributed by atoms with van der Waals surface area (Å²) in [5.74, 6) is -0.692. The van der Waals surface area contributed by atoms with Crippen LogP contribution in [0.4, 0.5) is 0 Å². The second kappa shape index (κ2) is 7.59. The lowest BCUT2D eigenvalue weighted by atomic mass is 10.0. The summed E-state index contributed by atoms with van der Waals surface area (Å²) in [5.41, 5.74) is 1.07. The van der Waals surface area contributed by atoms with Gasteiger partial charge in [-0.1, -0.05) is 37.3 Å². The molecular formula is C16H22N2O4S. The van der Waals surface area contributed by atoms with Crippen molar-refractivity contribution in [2.24, 2.45) is 5.92 Å². The maximum Gasteiger partial charge on any atom is 0.239 e. The van der Waals surface area contributed by atoms with Crippen LogP contribution in [0, 0.1) is 5.92 Å². The largest absolute Gasteiger partial charge is 0.351 e. The highest BCUT2D eigenvalue weighted by Gasteiger charge is 2.28. The van der Waals surface area contributed by atoms with Crippen LogP contribution < -0.4 is 10.6 Å². The highest BCUT2D eigenvalue weighted by atomic mass is 32.2. The molecule has 6 nitrogen and oxygen atoms in total. The molecule has 0 bridgehead atoms. The van der Waals surface area contributed by atoms with Crippen molar-refractivity contribution < 1.29 is 18.0 Å². The van der Waals surface area contributed by atoms with Crippen molar-refractivity contribution in [3.05, 3.63) is 35.9 Å². The lowest BCUT2D eigenvalue weighted by Crippen LogP contribution is -2.43. The minimum Gasteiger partial charge on any atom is -0.351 e. The van der Waals surface area contributed by atoms with Crippen molar-refractivity contribution >= 4 is 21.7 Å². The Bertz CT molecular complexity index is 658. The molecule has 0 saturated carbocycles. The molecule has 1 aromatic carbocycles. The topological polar surface area (TPSA) is 92.3 Å². The van der Waals surface area contributed by atoms with Crippen LogP contribution in [0.3, 0.4) is 0 Å². The molecule has 0 aromatic heterocycles. The first kappa shape index (κ1) is 17.5. The zero-order chi connectivity index (χ0) is 16.9. The van der Waals surface area contributed by atoms with Gasteiger partial charge in [-0.05, 0) is 18.4 Å². The van der Waals surface area contributed by atoms with Crippen LogP contribution in [-0.2, 0) is 25.8 Å². The van der Waals surface area contributed by atoms with E-state index in [0.29, 0.717) is 12.8 Å². The first-order chi connectivity index (χ1) is 10.9. The minimum atomic E-state index is -3.02. The molecular weight excluding hydrogens is 316 g/mol. The third-order valence-corrected chi connectivity index (χ3v) is 5.62. The minimum absolute atomic E-state index is 0.0168. The maximum atomic E-state index is 12.0. The second-order valence-corrected chi connectivity index (χ2v) is 8.20. The summed E-state index contributed by atoms with van der Waals surface area (Å²) in [5, 5.41) is 5.24. The van der Waals surface area contributed by atoms with Crippen molar-refractivity contribution in [1.29, 1.82) is 0 Å². The van der Waals surface area contributed by atoms with E-state index < -0.39 is 9.84 Å². The van der Waals surface area contributed by atoms with Gasteiger partial charge in [-0.15, -0.1) is 0 Å².